The van der Waals surface area contributed by atoms with E-state index in [-0.39, 0.29) is 0 Å². The predicted molar refractivity (Wildman–Crippen MR) is 39.6 cm³/mol. The van der Waals surface area contributed by atoms with Gasteiger partial charge >= 0.3 is 0 Å². The van der Waals surface area contributed by atoms with Crippen molar-refractivity contribution in [2.45, 2.75) is 19.9 Å². The van der Waals surface area contributed by atoms with Crippen LogP contribution in [-0.2, 0) is 0 Å². The topological polar surface area (TPSA) is 32.3 Å². The number of nitrogens with one attached hydrogen (secondary N) is 1. The molecule has 0 spiro atoms. The standard InChI is InChI=1S/C8H15NO/c1-8(2)5-3-9-6(4-10)7(5)8/h5-7,9-10H,3-4H2,1-2H3/t5-,6?,7-/m0/s1. The van der Waals surface area contributed by atoms with E-state index in [0.717, 1.165) is 18.4 Å². The lowest BCUT2D eigenvalue weighted by Gasteiger charge is -2.15. The van der Waals surface area contributed by atoms with Gasteiger partial charge in [-0.15, -0.1) is 0 Å². The number of rotatable bonds is 1. The van der Waals surface area contributed by atoms with Gasteiger partial charge in [-0.2, -0.15) is 0 Å². The summed E-state index contributed by atoms with van der Waals surface area (Å²) >= 11 is 0. The van der Waals surface area contributed by atoms with E-state index in [9.17, 15) is 0 Å². The van der Waals surface area contributed by atoms with Gasteiger partial charge in [-0.25, -0.2) is 0 Å². The van der Waals surface area contributed by atoms with Crippen LogP contribution in [0.2, 0.25) is 0 Å². The molecule has 1 saturated carbocycles. The largest absolute Gasteiger partial charge is 0.395 e. The molecule has 1 unspecified atom stereocenters. The summed E-state index contributed by atoms with van der Waals surface area (Å²) in [5.41, 5.74) is 0.513. The summed E-state index contributed by atoms with van der Waals surface area (Å²) in [5.74, 6) is 1.59. The summed E-state index contributed by atoms with van der Waals surface area (Å²) in [6, 6.07) is 0.389. The first-order chi connectivity index (χ1) is 4.68. The molecule has 2 N–H and O–H groups in total. The van der Waals surface area contributed by atoms with Gasteiger partial charge in [0, 0.05) is 6.04 Å². The second-order valence-electron chi connectivity index (χ2n) is 4.15. The number of hydrogen-bond acceptors (Lipinski definition) is 2. The molecule has 2 heteroatoms. The Balaban J connectivity index is 2.07. The van der Waals surface area contributed by atoms with Gasteiger partial charge in [0.05, 0.1) is 6.61 Å². The molecule has 10 heavy (non-hydrogen) atoms. The molecular formula is C8H15NO. The van der Waals surface area contributed by atoms with Crippen LogP contribution in [0.1, 0.15) is 13.8 Å². The number of aliphatic hydroxyl groups excluding tert-OH is 1. The van der Waals surface area contributed by atoms with E-state index in [4.69, 9.17) is 5.11 Å². The van der Waals surface area contributed by atoms with E-state index in [2.05, 4.69) is 19.2 Å². The Morgan fingerprint density at radius 3 is 2.60 bits per heavy atom. The van der Waals surface area contributed by atoms with Crippen LogP contribution in [-0.4, -0.2) is 24.3 Å². The molecular weight excluding hydrogens is 126 g/mol. The van der Waals surface area contributed by atoms with Crippen molar-refractivity contribution in [1.82, 2.24) is 5.32 Å². The fraction of sp³-hybridized carbons (Fsp3) is 1.00. The Hall–Kier alpha value is -0.0800. The molecule has 2 fully saturated rings. The van der Waals surface area contributed by atoms with Crippen molar-refractivity contribution in [3.05, 3.63) is 0 Å². The lowest BCUT2D eigenvalue weighted by molar-refractivity contribution is 0.226. The van der Waals surface area contributed by atoms with Crippen molar-refractivity contribution >= 4 is 0 Å². The maximum Gasteiger partial charge on any atom is 0.0587 e. The van der Waals surface area contributed by atoms with Gasteiger partial charge in [-0.3, -0.25) is 0 Å². The molecule has 0 aromatic carbocycles. The average Bonchev–Trinajstić information content (AvgIpc) is 2.28. The van der Waals surface area contributed by atoms with Crippen LogP contribution in [0.15, 0.2) is 0 Å². The minimum Gasteiger partial charge on any atom is -0.395 e. The van der Waals surface area contributed by atoms with E-state index in [1.165, 1.54) is 0 Å². The van der Waals surface area contributed by atoms with Gasteiger partial charge < -0.3 is 10.4 Å². The van der Waals surface area contributed by atoms with E-state index < -0.39 is 0 Å². The van der Waals surface area contributed by atoms with E-state index in [1.807, 2.05) is 0 Å². The Morgan fingerprint density at radius 2 is 2.30 bits per heavy atom. The second kappa shape index (κ2) is 1.74. The van der Waals surface area contributed by atoms with E-state index in [1.54, 1.807) is 0 Å². The molecule has 0 radical (unpaired) electrons. The Kier molecular flexibility index (Phi) is 1.15. The summed E-state index contributed by atoms with van der Waals surface area (Å²) in [4.78, 5) is 0. The first-order valence-electron chi connectivity index (χ1n) is 4.02. The SMILES string of the molecule is CC1(C)[C@@H]2C(CO)NC[C@@H]21. The highest BCUT2D eigenvalue weighted by atomic mass is 16.3. The highest BCUT2D eigenvalue weighted by Crippen LogP contribution is 2.62. The average molecular weight is 141 g/mol. The van der Waals surface area contributed by atoms with Gasteiger partial charge in [-0.05, 0) is 23.8 Å². The first-order valence-corrected chi connectivity index (χ1v) is 4.02. The third kappa shape index (κ3) is 0.611. The molecule has 0 bridgehead atoms. The summed E-state index contributed by atoms with van der Waals surface area (Å²) in [6.07, 6.45) is 0. The molecule has 0 aromatic heterocycles. The third-order valence-corrected chi connectivity index (χ3v) is 3.37. The van der Waals surface area contributed by atoms with Crippen LogP contribution in [0.3, 0.4) is 0 Å². The van der Waals surface area contributed by atoms with E-state index in [0.29, 0.717) is 18.1 Å². The summed E-state index contributed by atoms with van der Waals surface area (Å²) < 4.78 is 0. The van der Waals surface area contributed by atoms with Crippen LogP contribution < -0.4 is 5.32 Å². The zero-order chi connectivity index (χ0) is 7.35. The number of aliphatic hydroxyl groups is 1. The highest BCUT2D eigenvalue weighted by molar-refractivity contribution is 5.14. The molecule has 2 aliphatic rings. The molecule has 1 aliphatic carbocycles. The van der Waals surface area contributed by atoms with Gasteiger partial charge in [0.1, 0.15) is 0 Å². The van der Waals surface area contributed by atoms with Crippen molar-refractivity contribution in [2.24, 2.45) is 17.3 Å². The fourth-order valence-electron chi connectivity index (χ4n) is 2.56. The quantitative estimate of drug-likeness (QED) is 0.547. The van der Waals surface area contributed by atoms with Crippen LogP contribution in [0, 0.1) is 17.3 Å². The van der Waals surface area contributed by atoms with Crippen molar-refractivity contribution in [1.29, 1.82) is 0 Å². The third-order valence-electron chi connectivity index (χ3n) is 3.37. The molecule has 0 aromatic rings. The normalized spacial score (nSPS) is 48.9. The maximum absolute atomic E-state index is 8.93. The fourth-order valence-corrected chi connectivity index (χ4v) is 2.56. The van der Waals surface area contributed by atoms with E-state index >= 15 is 0 Å². The Bertz CT molecular complexity index is 155. The first kappa shape index (κ1) is 6.62. The van der Waals surface area contributed by atoms with Crippen LogP contribution in [0.4, 0.5) is 0 Å². The van der Waals surface area contributed by atoms with Gasteiger partial charge in [0.2, 0.25) is 0 Å². The number of hydrogen-bond donors (Lipinski definition) is 2. The lowest BCUT2D eigenvalue weighted by Crippen LogP contribution is -2.33. The van der Waals surface area contributed by atoms with Gasteiger partial charge in [0.15, 0.2) is 0 Å². The van der Waals surface area contributed by atoms with Crippen LogP contribution >= 0.6 is 0 Å². The molecule has 3 atom stereocenters. The highest BCUT2D eigenvalue weighted by Gasteiger charge is 2.63. The van der Waals surface area contributed by atoms with Crippen molar-refractivity contribution in [3.8, 4) is 0 Å². The zero-order valence-corrected chi connectivity index (χ0v) is 6.59. The minimum atomic E-state index is 0.310. The Morgan fingerprint density at radius 1 is 1.60 bits per heavy atom. The predicted octanol–water partition coefficient (Wildman–Crippen LogP) is 0.223. The van der Waals surface area contributed by atoms with Crippen molar-refractivity contribution < 1.29 is 5.11 Å². The monoisotopic (exact) mass is 141 g/mol. The minimum absolute atomic E-state index is 0.310. The summed E-state index contributed by atoms with van der Waals surface area (Å²) in [6.45, 7) is 6.02. The second-order valence-corrected chi connectivity index (χ2v) is 4.15. The summed E-state index contributed by atoms with van der Waals surface area (Å²) in [7, 11) is 0. The molecule has 1 saturated heterocycles. The maximum atomic E-state index is 8.93. The molecule has 1 aliphatic heterocycles. The van der Waals surface area contributed by atoms with Crippen molar-refractivity contribution in [3.63, 3.8) is 0 Å². The molecule has 2 nitrogen and oxygen atoms in total. The summed E-state index contributed by atoms with van der Waals surface area (Å²) in [5, 5.41) is 12.2. The van der Waals surface area contributed by atoms with Crippen LogP contribution in [0.5, 0.6) is 0 Å². The molecule has 1 heterocycles. The molecule has 58 valence electrons. The van der Waals surface area contributed by atoms with Crippen molar-refractivity contribution in [2.75, 3.05) is 13.2 Å². The molecule has 2 rings (SSSR count). The number of piperidine rings is 1. The van der Waals surface area contributed by atoms with Gasteiger partial charge in [0.25, 0.3) is 0 Å². The lowest BCUT2D eigenvalue weighted by atomic mass is 10.0. The Labute approximate surface area is 61.6 Å². The zero-order valence-electron chi connectivity index (χ0n) is 6.59. The van der Waals surface area contributed by atoms with Gasteiger partial charge in [-0.1, -0.05) is 13.8 Å². The molecule has 0 amide bonds. The smallest absolute Gasteiger partial charge is 0.0587 e. The number of fused-ring (bicyclic) bond motifs is 1. The van der Waals surface area contributed by atoms with Crippen LogP contribution in [0.25, 0.3) is 0 Å².